The van der Waals surface area contributed by atoms with Crippen molar-refractivity contribution in [1.29, 1.82) is 0 Å². The van der Waals surface area contributed by atoms with Crippen molar-refractivity contribution in [2.24, 2.45) is 0 Å². The van der Waals surface area contributed by atoms with Gasteiger partial charge in [0, 0.05) is 17.1 Å². The molecule has 0 saturated heterocycles. The van der Waals surface area contributed by atoms with Crippen molar-refractivity contribution in [3.05, 3.63) is 58.6 Å². The van der Waals surface area contributed by atoms with E-state index < -0.39 is 6.10 Å². The number of amides is 2. The molecular formula is C17H15BrN2O3. The van der Waals surface area contributed by atoms with Crippen LogP contribution in [0.25, 0.3) is 0 Å². The van der Waals surface area contributed by atoms with Crippen LogP contribution in [0.15, 0.2) is 53.0 Å². The molecule has 2 aromatic rings. The van der Waals surface area contributed by atoms with Crippen LogP contribution in [0.3, 0.4) is 0 Å². The molecule has 0 aliphatic carbocycles. The standard InChI is InChI=1S/C17H15BrN2O3/c1-20-13-7-2-3-8-14(13)23-15(17(20)22)10-19-16(21)11-5-4-6-12(18)9-11/h2-9,15H,10H2,1H3,(H,19,21). The van der Waals surface area contributed by atoms with Crippen LogP contribution < -0.4 is 15.0 Å². The van der Waals surface area contributed by atoms with Gasteiger partial charge in [-0.25, -0.2) is 0 Å². The van der Waals surface area contributed by atoms with E-state index in [1.807, 2.05) is 24.3 Å². The molecule has 0 saturated carbocycles. The Morgan fingerprint density at radius 3 is 2.83 bits per heavy atom. The Morgan fingerprint density at radius 1 is 1.26 bits per heavy atom. The maximum Gasteiger partial charge on any atom is 0.269 e. The van der Waals surface area contributed by atoms with Crippen LogP contribution in [-0.4, -0.2) is 31.5 Å². The van der Waals surface area contributed by atoms with Crippen molar-refractivity contribution in [2.45, 2.75) is 6.10 Å². The lowest BCUT2D eigenvalue weighted by Crippen LogP contribution is -2.49. The molecule has 0 aromatic heterocycles. The van der Waals surface area contributed by atoms with E-state index in [9.17, 15) is 9.59 Å². The summed E-state index contributed by atoms with van der Waals surface area (Å²) >= 11 is 3.33. The fourth-order valence-corrected chi connectivity index (χ4v) is 2.82. The Bertz CT molecular complexity index is 763. The van der Waals surface area contributed by atoms with Gasteiger partial charge >= 0.3 is 0 Å². The number of fused-ring (bicyclic) bond motifs is 1. The van der Waals surface area contributed by atoms with E-state index in [2.05, 4.69) is 21.2 Å². The number of nitrogens with one attached hydrogen (secondary N) is 1. The Balaban J connectivity index is 1.69. The first-order chi connectivity index (χ1) is 11.1. The first-order valence-corrected chi connectivity index (χ1v) is 7.92. The van der Waals surface area contributed by atoms with Crippen LogP contribution in [0.1, 0.15) is 10.4 Å². The van der Waals surface area contributed by atoms with Gasteiger partial charge in [-0.3, -0.25) is 9.59 Å². The fraction of sp³-hybridized carbons (Fsp3) is 0.176. The van der Waals surface area contributed by atoms with E-state index in [-0.39, 0.29) is 18.4 Å². The Kier molecular flexibility index (Phi) is 4.34. The van der Waals surface area contributed by atoms with E-state index in [0.717, 1.165) is 10.2 Å². The molecule has 1 atom stereocenters. The molecule has 1 aliphatic heterocycles. The number of anilines is 1. The zero-order valence-corrected chi connectivity index (χ0v) is 14.0. The molecule has 2 amide bonds. The number of benzene rings is 2. The highest BCUT2D eigenvalue weighted by Crippen LogP contribution is 2.32. The molecule has 118 valence electrons. The first-order valence-electron chi connectivity index (χ1n) is 7.13. The largest absolute Gasteiger partial charge is 0.477 e. The number of halogens is 1. The average Bonchev–Trinajstić information content (AvgIpc) is 2.56. The van der Waals surface area contributed by atoms with Crippen molar-refractivity contribution in [1.82, 2.24) is 5.32 Å². The second-order valence-corrected chi connectivity index (χ2v) is 6.11. The van der Waals surface area contributed by atoms with Crippen LogP contribution in [0.5, 0.6) is 5.75 Å². The van der Waals surface area contributed by atoms with Crippen LogP contribution in [0.4, 0.5) is 5.69 Å². The van der Waals surface area contributed by atoms with E-state index >= 15 is 0 Å². The van der Waals surface area contributed by atoms with Gasteiger partial charge in [-0.05, 0) is 30.3 Å². The summed E-state index contributed by atoms with van der Waals surface area (Å²) in [5, 5.41) is 2.75. The van der Waals surface area contributed by atoms with Gasteiger partial charge in [0.1, 0.15) is 5.75 Å². The second kappa shape index (κ2) is 6.42. The van der Waals surface area contributed by atoms with Crippen LogP contribution in [0.2, 0.25) is 0 Å². The zero-order chi connectivity index (χ0) is 16.4. The normalized spacial score (nSPS) is 16.5. The molecule has 0 radical (unpaired) electrons. The minimum atomic E-state index is -0.731. The Morgan fingerprint density at radius 2 is 2.04 bits per heavy atom. The summed E-state index contributed by atoms with van der Waals surface area (Å²) in [5.74, 6) is 0.207. The van der Waals surface area contributed by atoms with Gasteiger partial charge in [0.05, 0.1) is 12.2 Å². The number of carbonyl (C=O) groups excluding carboxylic acids is 2. The number of para-hydroxylation sites is 2. The topological polar surface area (TPSA) is 58.6 Å². The molecule has 23 heavy (non-hydrogen) atoms. The maximum atomic E-state index is 12.3. The molecule has 6 heteroatoms. The number of hydrogen-bond donors (Lipinski definition) is 1. The minimum absolute atomic E-state index is 0.114. The summed E-state index contributed by atoms with van der Waals surface area (Å²) in [6.07, 6.45) is -0.731. The number of rotatable bonds is 3. The van der Waals surface area contributed by atoms with Crippen molar-refractivity contribution >= 4 is 33.4 Å². The molecule has 0 fully saturated rings. The molecule has 2 aromatic carbocycles. The Labute approximate surface area is 142 Å². The third-order valence-corrected chi connectivity index (χ3v) is 4.13. The van der Waals surface area contributed by atoms with Gasteiger partial charge in [-0.1, -0.05) is 34.1 Å². The van der Waals surface area contributed by atoms with Crippen molar-refractivity contribution in [2.75, 3.05) is 18.5 Å². The number of nitrogens with zero attached hydrogens (tertiary/aromatic N) is 1. The summed E-state index contributed by atoms with van der Waals surface area (Å²) in [7, 11) is 1.70. The van der Waals surface area contributed by atoms with Crippen molar-refractivity contribution in [3.63, 3.8) is 0 Å². The SMILES string of the molecule is CN1C(=O)C(CNC(=O)c2cccc(Br)c2)Oc2ccccc21. The summed E-state index contributed by atoms with van der Waals surface area (Å²) in [6, 6.07) is 14.4. The smallest absolute Gasteiger partial charge is 0.269 e. The van der Waals surface area contributed by atoms with Gasteiger partial charge in [0.15, 0.2) is 6.10 Å². The molecule has 0 bridgehead atoms. The predicted molar refractivity (Wildman–Crippen MR) is 90.7 cm³/mol. The average molecular weight is 375 g/mol. The molecule has 0 spiro atoms. The number of carbonyl (C=O) groups is 2. The molecule has 3 rings (SSSR count). The van der Waals surface area contributed by atoms with E-state index in [0.29, 0.717) is 11.3 Å². The summed E-state index contributed by atoms with van der Waals surface area (Å²) < 4.78 is 6.53. The van der Waals surface area contributed by atoms with E-state index in [1.165, 1.54) is 0 Å². The van der Waals surface area contributed by atoms with Crippen LogP contribution >= 0.6 is 15.9 Å². The zero-order valence-electron chi connectivity index (χ0n) is 12.5. The number of ether oxygens (including phenoxy) is 1. The lowest BCUT2D eigenvalue weighted by atomic mass is 10.1. The summed E-state index contributed by atoms with van der Waals surface area (Å²) in [6.45, 7) is 0.114. The molecule has 1 aliphatic rings. The highest BCUT2D eigenvalue weighted by molar-refractivity contribution is 9.10. The molecule has 1 N–H and O–H groups in total. The van der Waals surface area contributed by atoms with Crippen molar-refractivity contribution in [3.8, 4) is 5.75 Å². The molecule has 1 heterocycles. The third kappa shape index (κ3) is 3.22. The Hall–Kier alpha value is -2.34. The highest BCUT2D eigenvalue weighted by atomic mass is 79.9. The van der Waals surface area contributed by atoms with Crippen molar-refractivity contribution < 1.29 is 14.3 Å². The molecule has 5 nitrogen and oxygen atoms in total. The molecular weight excluding hydrogens is 360 g/mol. The van der Waals surface area contributed by atoms with Gasteiger partial charge in [-0.2, -0.15) is 0 Å². The van der Waals surface area contributed by atoms with Gasteiger partial charge in [-0.15, -0.1) is 0 Å². The lowest BCUT2D eigenvalue weighted by molar-refractivity contribution is -0.125. The van der Waals surface area contributed by atoms with E-state index in [4.69, 9.17) is 4.74 Å². The third-order valence-electron chi connectivity index (χ3n) is 3.64. The second-order valence-electron chi connectivity index (χ2n) is 5.19. The summed E-state index contributed by atoms with van der Waals surface area (Å²) in [4.78, 5) is 26.0. The van der Waals surface area contributed by atoms with Crippen LogP contribution in [-0.2, 0) is 4.79 Å². The van der Waals surface area contributed by atoms with Gasteiger partial charge in [0.25, 0.3) is 11.8 Å². The maximum absolute atomic E-state index is 12.3. The monoisotopic (exact) mass is 374 g/mol. The quantitative estimate of drug-likeness (QED) is 0.897. The van der Waals surface area contributed by atoms with Crippen LogP contribution in [0, 0.1) is 0 Å². The lowest BCUT2D eigenvalue weighted by Gasteiger charge is -2.31. The number of hydrogen-bond acceptors (Lipinski definition) is 3. The van der Waals surface area contributed by atoms with Gasteiger partial charge < -0.3 is 15.0 Å². The van der Waals surface area contributed by atoms with Gasteiger partial charge in [0.2, 0.25) is 0 Å². The highest BCUT2D eigenvalue weighted by Gasteiger charge is 2.32. The number of likely N-dealkylation sites (N-methyl/N-ethyl adjacent to an activating group) is 1. The molecule has 1 unspecified atom stereocenters. The fourth-order valence-electron chi connectivity index (χ4n) is 2.42. The summed E-state index contributed by atoms with van der Waals surface area (Å²) in [5.41, 5.74) is 1.25. The first kappa shape index (κ1) is 15.6. The van der Waals surface area contributed by atoms with E-state index in [1.54, 1.807) is 36.2 Å². The predicted octanol–water partition coefficient (Wildman–Crippen LogP) is 2.60. The minimum Gasteiger partial charge on any atom is -0.477 e.